The summed E-state index contributed by atoms with van der Waals surface area (Å²) in [7, 11) is 2.13. The number of amides is 2. The van der Waals surface area contributed by atoms with Crippen molar-refractivity contribution in [1.29, 1.82) is 0 Å². The van der Waals surface area contributed by atoms with Crippen molar-refractivity contribution in [3.8, 4) is 0 Å². The third kappa shape index (κ3) is 5.81. The summed E-state index contributed by atoms with van der Waals surface area (Å²) in [5.41, 5.74) is 3.62. The molecule has 154 valence electrons. The minimum absolute atomic E-state index is 0.0645. The molecular formula is C23H30N4O2. The standard InChI is InChI=1S/C23H30N4O2/c1-17(2)18-4-6-19(7-5-18)23(29)24-16-22(28)25-20-8-10-21(11-9-20)27-14-12-26(3)13-15-27/h4-11,17H,12-16H2,1-3H3,(H,24,29)(H,25,28). The van der Waals surface area contributed by atoms with E-state index in [9.17, 15) is 9.59 Å². The summed E-state index contributed by atoms with van der Waals surface area (Å²) in [6, 6.07) is 15.3. The Kier molecular flexibility index (Phi) is 6.88. The molecule has 0 aromatic heterocycles. The lowest BCUT2D eigenvalue weighted by Gasteiger charge is -2.34. The molecule has 6 nitrogen and oxygen atoms in total. The number of rotatable bonds is 6. The van der Waals surface area contributed by atoms with Crippen molar-refractivity contribution in [1.82, 2.24) is 10.2 Å². The van der Waals surface area contributed by atoms with E-state index >= 15 is 0 Å². The highest BCUT2D eigenvalue weighted by Gasteiger charge is 2.14. The van der Waals surface area contributed by atoms with Crippen LogP contribution in [0.2, 0.25) is 0 Å². The molecule has 2 amide bonds. The van der Waals surface area contributed by atoms with Gasteiger partial charge in [-0.3, -0.25) is 9.59 Å². The summed E-state index contributed by atoms with van der Waals surface area (Å²) < 4.78 is 0. The molecule has 0 unspecified atom stereocenters. The first kappa shape index (κ1) is 20.9. The fourth-order valence-corrected chi connectivity index (χ4v) is 3.31. The third-order valence-corrected chi connectivity index (χ3v) is 5.27. The molecule has 0 saturated carbocycles. The molecule has 3 rings (SSSR count). The quantitative estimate of drug-likeness (QED) is 0.791. The van der Waals surface area contributed by atoms with E-state index in [2.05, 4.69) is 41.3 Å². The lowest BCUT2D eigenvalue weighted by Crippen LogP contribution is -2.44. The van der Waals surface area contributed by atoms with Crippen LogP contribution in [0.1, 0.15) is 35.7 Å². The maximum Gasteiger partial charge on any atom is 0.251 e. The van der Waals surface area contributed by atoms with Crippen LogP contribution in [0, 0.1) is 0 Å². The van der Waals surface area contributed by atoms with Crippen molar-refractivity contribution >= 4 is 23.2 Å². The Hall–Kier alpha value is -2.86. The Morgan fingerprint density at radius 2 is 1.55 bits per heavy atom. The van der Waals surface area contributed by atoms with Gasteiger partial charge < -0.3 is 20.4 Å². The van der Waals surface area contributed by atoms with Gasteiger partial charge in [-0.05, 0) is 54.9 Å². The van der Waals surface area contributed by atoms with Crippen molar-refractivity contribution in [2.45, 2.75) is 19.8 Å². The maximum atomic E-state index is 12.2. The molecule has 2 aromatic carbocycles. The average molecular weight is 395 g/mol. The predicted molar refractivity (Wildman–Crippen MR) is 118 cm³/mol. The zero-order valence-electron chi connectivity index (χ0n) is 17.4. The fourth-order valence-electron chi connectivity index (χ4n) is 3.31. The number of benzene rings is 2. The summed E-state index contributed by atoms with van der Waals surface area (Å²) in [5.74, 6) is -0.0779. The van der Waals surface area contributed by atoms with E-state index in [-0.39, 0.29) is 18.4 Å². The van der Waals surface area contributed by atoms with Crippen LogP contribution >= 0.6 is 0 Å². The largest absolute Gasteiger partial charge is 0.369 e. The smallest absolute Gasteiger partial charge is 0.251 e. The van der Waals surface area contributed by atoms with E-state index in [0.717, 1.165) is 37.6 Å². The minimum Gasteiger partial charge on any atom is -0.369 e. The second kappa shape index (κ2) is 9.56. The molecule has 1 saturated heterocycles. The minimum atomic E-state index is -0.249. The number of piperazine rings is 1. The van der Waals surface area contributed by atoms with Crippen molar-refractivity contribution in [2.24, 2.45) is 0 Å². The van der Waals surface area contributed by atoms with Gasteiger partial charge in [0.1, 0.15) is 0 Å². The summed E-state index contributed by atoms with van der Waals surface area (Å²) in [6.07, 6.45) is 0. The molecule has 0 bridgehead atoms. The maximum absolute atomic E-state index is 12.2. The molecule has 0 spiro atoms. The van der Waals surface area contributed by atoms with E-state index < -0.39 is 0 Å². The molecular weight excluding hydrogens is 364 g/mol. The number of likely N-dealkylation sites (N-methyl/N-ethyl adjacent to an activating group) is 1. The summed E-state index contributed by atoms with van der Waals surface area (Å²) >= 11 is 0. The van der Waals surface area contributed by atoms with Crippen LogP contribution in [0.15, 0.2) is 48.5 Å². The van der Waals surface area contributed by atoms with Crippen LogP contribution < -0.4 is 15.5 Å². The van der Waals surface area contributed by atoms with Gasteiger partial charge in [0, 0.05) is 43.1 Å². The summed E-state index contributed by atoms with van der Waals surface area (Å²) in [6.45, 7) is 8.27. The number of carbonyl (C=O) groups is 2. The fraction of sp³-hybridized carbons (Fsp3) is 0.391. The molecule has 29 heavy (non-hydrogen) atoms. The van der Waals surface area contributed by atoms with E-state index in [4.69, 9.17) is 0 Å². The Morgan fingerprint density at radius 3 is 2.14 bits per heavy atom. The SMILES string of the molecule is CC(C)c1ccc(C(=O)NCC(=O)Nc2ccc(N3CCN(C)CC3)cc2)cc1. The average Bonchev–Trinajstić information content (AvgIpc) is 2.73. The second-order valence-electron chi connectivity index (χ2n) is 7.84. The Balaban J connectivity index is 1.47. The molecule has 1 aliphatic rings. The molecule has 2 N–H and O–H groups in total. The number of nitrogens with zero attached hydrogens (tertiary/aromatic N) is 2. The molecule has 0 aliphatic carbocycles. The van der Waals surface area contributed by atoms with Gasteiger partial charge >= 0.3 is 0 Å². The van der Waals surface area contributed by atoms with E-state index in [1.165, 1.54) is 5.56 Å². The third-order valence-electron chi connectivity index (χ3n) is 5.27. The topological polar surface area (TPSA) is 64.7 Å². The first-order valence-electron chi connectivity index (χ1n) is 10.1. The number of nitrogens with one attached hydrogen (secondary N) is 2. The number of carbonyl (C=O) groups excluding carboxylic acids is 2. The van der Waals surface area contributed by atoms with Gasteiger partial charge in [-0.2, -0.15) is 0 Å². The molecule has 0 radical (unpaired) electrons. The highest BCUT2D eigenvalue weighted by atomic mass is 16.2. The van der Waals surface area contributed by atoms with Crippen molar-refractivity contribution in [2.75, 3.05) is 50.0 Å². The summed E-state index contributed by atoms with van der Waals surface area (Å²) in [5, 5.41) is 5.50. The Labute approximate surface area is 172 Å². The van der Waals surface area contributed by atoms with Gasteiger partial charge in [-0.1, -0.05) is 26.0 Å². The number of anilines is 2. The van der Waals surface area contributed by atoms with Gasteiger partial charge in [-0.15, -0.1) is 0 Å². The lowest BCUT2D eigenvalue weighted by atomic mass is 10.0. The van der Waals surface area contributed by atoms with Crippen LogP contribution in [-0.4, -0.2) is 56.5 Å². The van der Waals surface area contributed by atoms with Gasteiger partial charge in [0.15, 0.2) is 0 Å². The van der Waals surface area contributed by atoms with Crippen LogP contribution in [0.5, 0.6) is 0 Å². The van der Waals surface area contributed by atoms with Crippen LogP contribution in [0.4, 0.5) is 11.4 Å². The molecule has 2 aromatic rings. The van der Waals surface area contributed by atoms with Crippen LogP contribution in [-0.2, 0) is 4.79 Å². The molecule has 0 atom stereocenters. The van der Waals surface area contributed by atoms with Crippen molar-refractivity contribution < 1.29 is 9.59 Å². The molecule has 1 fully saturated rings. The first-order chi connectivity index (χ1) is 13.9. The zero-order chi connectivity index (χ0) is 20.8. The zero-order valence-corrected chi connectivity index (χ0v) is 17.4. The van der Waals surface area contributed by atoms with Gasteiger partial charge in [0.2, 0.25) is 5.91 Å². The first-order valence-corrected chi connectivity index (χ1v) is 10.1. The van der Waals surface area contributed by atoms with Gasteiger partial charge in [0.25, 0.3) is 5.91 Å². The normalized spacial score (nSPS) is 14.7. The molecule has 6 heteroatoms. The number of hydrogen-bond acceptors (Lipinski definition) is 4. The summed E-state index contributed by atoms with van der Waals surface area (Å²) in [4.78, 5) is 29.1. The number of hydrogen-bond donors (Lipinski definition) is 2. The van der Waals surface area contributed by atoms with Crippen molar-refractivity contribution in [3.05, 3.63) is 59.7 Å². The van der Waals surface area contributed by atoms with Crippen LogP contribution in [0.25, 0.3) is 0 Å². The molecule has 1 heterocycles. The Bertz CT molecular complexity index is 823. The van der Waals surface area contributed by atoms with E-state index in [0.29, 0.717) is 11.5 Å². The van der Waals surface area contributed by atoms with Gasteiger partial charge in [-0.25, -0.2) is 0 Å². The van der Waals surface area contributed by atoms with E-state index in [1.54, 1.807) is 12.1 Å². The van der Waals surface area contributed by atoms with Gasteiger partial charge in [0.05, 0.1) is 6.54 Å². The predicted octanol–water partition coefficient (Wildman–Crippen LogP) is 2.93. The Morgan fingerprint density at radius 1 is 0.931 bits per heavy atom. The monoisotopic (exact) mass is 394 g/mol. The van der Waals surface area contributed by atoms with Crippen molar-refractivity contribution in [3.63, 3.8) is 0 Å². The highest BCUT2D eigenvalue weighted by molar-refractivity contribution is 5.99. The lowest BCUT2D eigenvalue weighted by molar-refractivity contribution is -0.115. The second-order valence-corrected chi connectivity index (χ2v) is 7.84. The molecule has 1 aliphatic heterocycles. The van der Waals surface area contributed by atoms with E-state index in [1.807, 2.05) is 36.4 Å². The highest BCUT2D eigenvalue weighted by Crippen LogP contribution is 2.19. The van der Waals surface area contributed by atoms with Crippen LogP contribution in [0.3, 0.4) is 0 Å².